The van der Waals surface area contributed by atoms with Crippen molar-refractivity contribution in [2.45, 2.75) is 31.3 Å². The fourth-order valence-electron chi connectivity index (χ4n) is 4.68. The largest absolute Gasteiger partial charge is 0.294 e. The molecule has 0 spiro atoms. The van der Waals surface area contributed by atoms with Crippen LogP contribution >= 0.6 is 11.6 Å². The van der Waals surface area contributed by atoms with Gasteiger partial charge in [0.15, 0.2) is 0 Å². The molecule has 1 aromatic heterocycles. The summed E-state index contributed by atoms with van der Waals surface area (Å²) in [5.74, 6) is 0. The minimum atomic E-state index is -3.84. The molecule has 0 aliphatic rings. The molecule has 0 aliphatic heterocycles. The average molecular weight is 529 g/mol. The number of hydrogen-bond acceptors (Lipinski definition) is 3. The molecule has 4 aromatic carbocycles. The van der Waals surface area contributed by atoms with Crippen molar-refractivity contribution >= 4 is 32.5 Å². The first-order valence-corrected chi connectivity index (χ1v) is 14.1. The number of halogens is 1. The molecule has 5 aromatic rings. The zero-order valence-electron chi connectivity index (χ0n) is 20.7. The summed E-state index contributed by atoms with van der Waals surface area (Å²) in [6, 6.07) is 35.1. The van der Waals surface area contributed by atoms with Crippen LogP contribution in [0.1, 0.15) is 22.4 Å². The van der Waals surface area contributed by atoms with Crippen molar-refractivity contribution in [3.63, 3.8) is 0 Å². The summed E-state index contributed by atoms with van der Waals surface area (Å²) >= 11 is 6.58. The van der Waals surface area contributed by atoms with E-state index in [1.165, 1.54) is 15.1 Å². The molecule has 0 saturated heterocycles. The maximum absolute atomic E-state index is 13.9. The highest BCUT2D eigenvalue weighted by atomic mass is 35.5. The Kier molecular flexibility index (Phi) is 7.47. The van der Waals surface area contributed by atoms with Crippen molar-refractivity contribution in [2.75, 3.05) is 6.54 Å². The SMILES string of the molecule is Cc1ccc(S(=O)(=O)n2c(CCN(Cc3ccccc3)Cc3ccccc3)cc3cccc(Cl)c32)cc1. The van der Waals surface area contributed by atoms with Crippen LogP contribution in [0.4, 0.5) is 0 Å². The van der Waals surface area contributed by atoms with Crippen LogP contribution in [-0.4, -0.2) is 23.8 Å². The second-order valence-corrected chi connectivity index (χ2v) is 11.5. The number of rotatable bonds is 9. The van der Waals surface area contributed by atoms with Crippen LogP contribution in [0.5, 0.6) is 0 Å². The average Bonchev–Trinajstić information content (AvgIpc) is 3.29. The van der Waals surface area contributed by atoms with Gasteiger partial charge in [-0.2, -0.15) is 0 Å². The van der Waals surface area contributed by atoms with Crippen molar-refractivity contribution < 1.29 is 8.42 Å². The number of fused-ring (bicyclic) bond motifs is 1. The third-order valence-electron chi connectivity index (χ3n) is 6.55. The molecule has 37 heavy (non-hydrogen) atoms. The molecule has 0 radical (unpaired) electrons. The highest BCUT2D eigenvalue weighted by Crippen LogP contribution is 2.31. The smallest absolute Gasteiger partial charge is 0.268 e. The monoisotopic (exact) mass is 528 g/mol. The van der Waals surface area contributed by atoms with Crippen molar-refractivity contribution in [3.8, 4) is 0 Å². The minimum absolute atomic E-state index is 0.252. The summed E-state index contributed by atoms with van der Waals surface area (Å²) in [7, 11) is -3.84. The van der Waals surface area contributed by atoms with Gasteiger partial charge in [0, 0.05) is 37.1 Å². The van der Waals surface area contributed by atoms with Crippen LogP contribution < -0.4 is 0 Å². The maximum Gasteiger partial charge on any atom is 0.268 e. The molecule has 0 bridgehead atoms. The summed E-state index contributed by atoms with van der Waals surface area (Å²) in [6.45, 7) is 4.15. The lowest BCUT2D eigenvalue weighted by Crippen LogP contribution is -2.26. The highest BCUT2D eigenvalue weighted by Gasteiger charge is 2.25. The first kappa shape index (κ1) is 25.3. The third-order valence-corrected chi connectivity index (χ3v) is 8.62. The fraction of sp³-hybridized carbons (Fsp3) is 0.161. The van der Waals surface area contributed by atoms with Gasteiger partial charge in [-0.1, -0.05) is 102 Å². The van der Waals surface area contributed by atoms with Gasteiger partial charge in [-0.3, -0.25) is 4.90 Å². The van der Waals surface area contributed by atoms with Crippen molar-refractivity contribution in [3.05, 3.63) is 137 Å². The van der Waals surface area contributed by atoms with E-state index in [0.29, 0.717) is 23.5 Å². The predicted octanol–water partition coefficient (Wildman–Crippen LogP) is 7.09. The molecule has 5 rings (SSSR count). The third kappa shape index (κ3) is 5.64. The normalized spacial score (nSPS) is 11.9. The summed E-state index contributed by atoms with van der Waals surface area (Å²) in [5.41, 5.74) is 4.68. The van der Waals surface area contributed by atoms with E-state index in [4.69, 9.17) is 11.6 Å². The summed E-state index contributed by atoms with van der Waals surface area (Å²) < 4.78 is 29.3. The number of hydrogen-bond donors (Lipinski definition) is 0. The van der Waals surface area contributed by atoms with Crippen LogP contribution in [0.2, 0.25) is 5.02 Å². The van der Waals surface area contributed by atoms with E-state index in [9.17, 15) is 8.42 Å². The van der Waals surface area contributed by atoms with Gasteiger partial charge >= 0.3 is 0 Å². The fourth-order valence-corrected chi connectivity index (χ4v) is 6.58. The van der Waals surface area contributed by atoms with Crippen molar-refractivity contribution in [1.82, 2.24) is 8.87 Å². The molecule has 1 heterocycles. The van der Waals surface area contributed by atoms with Crippen LogP contribution in [0, 0.1) is 6.92 Å². The predicted molar refractivity (Wildman–Crippen MR) is 151 cm³/mol. The van der Waals surface area contributed by atoms with E-state index < -0.39 is 10.0 Å². The standard InChI is InChI=1S/C31H29ClN2O2S/c1-24-15-17-29(18-16-24)37(35,36)34-28(21-27-13-8-14-30(32)31(27)34)19-20-33(22-25-9-4-2-5-10-25)23-26-11-6-3-7-12-26/h2-18,21H,19-20,22-23H2,1H3. The van der Waals surface area contributed by atoms with E-state index in [0.717, 1.165) is 29.7 Å². The molecule has 0 atom stereocenters. The number of para-hydroxylation sites is 1. The van der Waals surface area contributed by atoms with E-state index in [-0.39, 0.29) is 4.90 Å². The lowest BCUT2D eigenvalue weighted by molar-refractivity contribution is 0.259. The number of aryl methyl sites for hydroxylation is 1. The van der Waals surface area contributed by atoms with Gasteiger partial charge in [0.2, 0.25) is 0 Å². The maximum atomic E-state index is 13.9. The highest BCUT2D eigenvalue weighted by molar-refractivity contribution is 7.90. The van der Waals surface area contributed by atoms with Gasteiger partial charge in [0.1, 0.15) is 0 Å². The second kappa shape index (κ2) is 10.9. The number of aromatic nitrogens is 1. The Labute approximate surface area is 223 Å². The van der Waals surface area contributed by atoms with Crippen molar-refractivity contribution in [2.24, 2.45) is 0 Å². The van der Waals surface area contributed by atoms with Gasteiger partial charge in [-0.15, -0.1) is 0 Å². The van der Waals surface area contributed by atoms with Crippen LogP contribution in [0.3, 0.4) is 0 Å². The molecule has 0 amide bonds. The molecule has 188 valence electrons. The molecular formula is C31H29ClN2O2S. The molecule has 0 saturated carbocycles. The summed E-state index contributed by atoms with van der Waals surface area (Å²) in [6.07, 6.45) is 0.551. The Morgan fingerprint density at radius 1 is 0.757 bits per heavy atom. The van der Waals surface area contributed by atoms with E-state index in [1.807, 2.05) is 73.7 Å². The van der Waals surface area contributed by atoms with Crippen LogP contribution in [0.15, 0.2) is 114 Å². The molecule has 0 fully saturated rings. The zero-order valence-corrected chi connectivity index (χ0v) is 22.3. The minimum Gasteiger partial charge on any atom is -0.294 e. The lowest BCUT2D eigenvalue weighted by atomic mass is 10.1. The number of nitrogens with zero attached hydrogens (tertiary/aromatic N) is 2. The van der Waals surface area contributed by atoms with Gasteiger partial charge in [-0.05, 0) is 42.3 Å². The molecule has 6 heteroatoms. The molecule has 0 unspecified atom stereocenters. The Balaban J connectivity index is 1.51. The van der Waals surface area contributed by atoms with Gasteiger partial charge < -0.3 is 0 Å². The zero-order chi connectivity index (χ0) is 25.8. The summed E-state index contributed by atoms with van der Waals surface area (Å²) in [5, 5.41) is 1.24. The Morgan fingerprint density at radius 2 is 1.35 bits per heavy atom. The Morgan fingerprint density at radius 3 is 1.95 bits per heavy atom. The lowest BCUT2D eigenvalue weighted by Gasteiger charge is -2.23. The first-order valence-electron chi connectivity index (χ1n) is 12.3. The second-order valence-electron chi connectivity index (χ2n) is 9.33. The van der Waals surface area contributed by atoms with Gasteiger partial charge in [0.25, 0.3) is 10.0 Å². The summed E-state index contributed by atoms with van der Waals surface area (Å²) in [4.78, 5) is 2.61. The molecule has 4 nitrogen and oxygen atoms in total. The number of benzene rings is 4. The molecular weight excluding hydrogens is 500 g/mol. The van der Waals surface area contributed by atoms with Gasteiger partial charge in [0.05, 0.1) is 15.4 Å². The van der Waals surface area contributed by atoms with Crippen molar-refractivity contribution in [1.29, 1.82) is 0 Å². The topological polar surface area (TPSA) is 42.3 Å². The van der Waals surface area contributed by atoms with Crippen LogP contribution in [-0.2, 0) is 29.5 Å². The molecule has 0 N–H and O–H groups in total. The Bertz CT molecular complexity index is 1550. The van der Waals surface area contributed by atoms with E-state index >= 15 is 0 Å². The van der Waals surface area contributed by atoms with E-state index in [2.05, 4.69) is 29.2 Å². The van der Waals surface area contributed by atoms with Gasteiger partial charge in [-0.25, -0.2) is 12.4 Å². The molecule has 0 aliphatic carbocycles. The Hall–Kier alpha value is -3.38. The first-order chi connectivity index (χ1) is 17.9. The van der Waals surface area contributed by atoms with Crippen LogP contribution in [0.25, 0.3) is 10.9 Å². The van der Waals surface area contributed by atoms with E-state index in [1.54, 1.807) is 18.2 Å². The quantitative estimate of drug-likeness (QED) is 0.205.